The highest BCUT2D eigenvalue weighted by molar-refractivity contribution is 5.91. The van der Waals surface area contributed by atoms with Crippen molar-refractivity contribution in [3.8, 4) is 28.4 Å². The molecule has 0 saturated carbocycles. The fourth-order valence-corrected chi connectivity index (χ4v) is 3.43. The molecule has 0 spiro atoms. The number of amides is 1. The molecule has 1 N–H and O–H groups in total. The summed E-state index contributed by atoms with van der Waals surface area (Å²) in [6.07, 6.45) is 1.46. The fraction of sp³-hybridized carbons (Fsp3) is 0.100. The van der Waals surface area contributed by atoms with Gasteiger partial charge in [-0.05, 0) is 66.1 Å². The summed E-state index contributed by atoms with van der Waals surface area (Å²) in [4.78, 5) is 24.5. The predicted octanol–water partition coefficient (Wildman–Crippen LogP) is 5.42. The summed E-state index contributed by atoms with van der Waals surface area (Å²) in [6, 6.07) is 29.6. The Labute approximate surface area is 215 Å². The lowest BCUT2D eigenvalue weighted by atomic mass is 10.1. The third-order valence-corrected chi connectivity index (χ3v) is 5.41. The normalized spacial score (nSPS) is 10.6. The van der Waals surface area contributed by atoms with Crippen molar-refractivity contribution in [2.24, 2.45) is 5.10 Å². The number of ether oxygens (including phenoxy) is 3. The van der Waals surface area contributed by atoms with Gasteiger partial charge in [0.15, 0.2) is 18.1 Å². The molecule has 0 atom stereocenters. The number of carbonyl (C=O) groups is 2. The zero-order chi connectivity index (χ0) is 26.0. The predicted molar refractivity (Wildman–Crippen MR) is 142 cm³/mol. The molecule has 0 radical (unpaired) electrons. The number of hydrogen-bond acceptors (Lipinski definition) is 6. The SMILES string of the molecule is COc1cc(C=NNC(=O)COc2ccc(-c3ccccc3)cc2)ccc1OC(=O)c1ccc(C)cc1. The van der Waals surface area contributed by atoms with Crippen molar-refractivity contribution >= 4 is 18.1 Å². The molecule has 1 amide bonds. The Morgan fingerprint density at radius 2 is 1.54 bits per heavy atom. The van der Waals surface area contributed by atoms with Crippen molar-refractivity contribution in [2.75, 3.05) is 13.7 Å². The molecule has 0 bridgehead atoms. The Kier molecular flexibility index (Phi) is 8.29. The van der Waals surface area contributed by atoms with Crippen LogP contribution in [0.15, 0.2) is 102 Å². The molecule has 0 aromatic heterocycles. The summed E-state index contributed by atoms with van der Waals surface area (Å²) in [5.74, 6) is 0.332. The van der Waals surface area contributed by atoms with Crippen LogP contribution in [0.5, 0.6) is 17.2 Å². The molecular weight excluding hydrogens is 468 g/mol. The van der Waals surface area contributed by atoms with Crippen LogP contribution in [0, 0.1) is 6.92 Å². The zero-order valence-corrected chi connectivity index (χ0v) is 20.5. The zero-order valence-electron chi connectivity index (χ0n) is 20.5. The van der Waals surface area contributed by atoms with E-state index in [9.17, 15) is 9.59 Å². The summed E-state index contributed by atoms with van der Waals surface area (Å²) >= 11 is 0. The van der Waals surface area contributed by atoms with Gasteiger partial charge < -0.3 is 14.2 Å². The quantitative estimate of drug-likeness (QED) is 0.145. The molecule has 0 aliphatic carbocycles. The fourth-order valence-electron chi connectivity index (χ4n) is 3.43. The van der Waals surface area contributed by atoms with Gasteiger partial charge in [-0.25, -0.2) is 10.2 Å². The van der Waals surface area contributed by atoms with Gasteiger partial charge in [0.25, 0.3) is 5.91 Å². The molecule has 4 aromatic rings. The Morgan fingerprint density at radius 1 is 0.838 bits per heavy atom. The first kappa shape index (κ1) is 25.2. The Balaban J connectivity index is 1.28. The van der Waals surface area contributed by atoms with Crippen LogP contribution in [0.1, 0.15) is 21.5 Å². The molecule has 7 heteroatoms. The van der Waals surface area contributed by atoms with Crippen LogP contribution >= 0.6 is 0 Å². The van der Waals surface area contributed by atoms with Crippen LogP contribution in [0.2, 0.25) is 0 Å². The van der Waals surface area contributed by atoms with Gasteiger partial charge in [-0.3, -0.25) is 4.79 Å². The Hall–Kier alpha value is -4.91. The molecule has 0 heterocycles. The van der Waals surface area contributed by atoms with E-state index in [0.717, 1.165) is 16.7 Å². The van der Waals surface area contributed by atoms with Crippen LogP contribution in [0.3, 0.4) is 0 Å². The molecule has 0 saturated heterocycles. The lowest BCUT2D eigenvalue weighted by Crippen LogP contribution is -2.24. The maximum Gasteiger partial charge on any atom is 0.343 e. The van der Waals surface area contributed by atoms with Crippen molar-refractivity contribution in [3.63, 3.8) is 0 Å². The van der Waals surface area contributed by atoms with E-state index in [0.29, 0.717) is 22.6 Å². The summed E-state index contributed by atoms with van der Waals surface area (Å²) < 4.78 is 16.4. The molecular formula is C30H26N2O5. The van der Waals surface area contributed by atoms with Crippen molar-refractivity contribution in [2.45, 2.75) is 6.92 Å². The van der Waals surface area contributed by atoms with E-state index >= 15 is 0 Å². The maximum absolute atomic E-state index is 12.4. The van der Waals surface area contributed by atoms with Gasteiger partial charge in [-0.2, -0.15) is 5.10 Å². The van der Waals surface area contributed by atoms with Crippen molar-refractivity contribution < 1.29 is 23.8 Å². The van der Waals surface area contributed by atoms with Gasteiger partial charge in [0.1, 0.15) is 5.75 Å². The number of hydrazone groups is 1. The number of carbonyl (C=O) groups excluding carboxylic acids is 2. The van der Waals surface area contributed by atoms with Gasteiger partial charge in [-0.1, -0.05) is 60.2 Å². The number of rotatable bonds is 9. The van der Waals surface area contributed by atoms with E-state index in [2.05, 4.69) is 10.5 Å². The molecule has 0 unspecified atom stereocenters. The minimum absolute atomic E-state index is 0.181. The summed E-state index contributed by atoms with van der Waals surface area (Å²) in [5, 5.41) is 3.96. The second-order valence-corrected chi connectivity index (χ2v) is 8.14. The average Bonchev–Trinajstić information content (AvgIpc) is 2.93. The van der Waals surface area contributed by atoms with E-state index in [1.807, 2.05) is 73.7 Å². The second kappa shape index (κ2) is 12.2. The van der Waals surface area contributed by atoms with Crippen molar-refractivity contribution in [1.29, 1.82) is 0 Å². The Morgan fingerprint density at radius 3 is 2.24 bits per heavy atom. The van der Waals surface area contributed by atoms with Gasteiger partial charge in [-0.15, -0.1) is 0 Å². The molecule has 4 aromatic carbocycles. The highest BCUT2D eigenvalue weighted by Crippen LogP contribution is 2.28. The molecule has 186 valence electrons. The van der Waals surface area contributed by atoms with Crippen molar-refractivity contribution in [1.82, 2.24) is 5.43 Å². The molecule has 7 nitrogen and oxygen atoms in total. The molecule has 4 rings (SSSR count). The first-order valence-corrected chi connectivity index (χ1v) is 11.6. The largest absolute Gasteiger partial charge is 0.493 e. The molecule has 0 aliphatic rings. The standard InChI is InChI=1S/C30H26N2O5/c1-21-8-11-25(12-9-21)30(34)37-27-17-10-22(18-28(27)35-2)19-31-32-29(33)20-36-26-15-13-24(14-16-26)23-6-4-3-5-7-23/h3-19H,20H2,1-2H3,(H,32,33). The van der Waals surface area contributed by atoms with Crippen LogP contribution in [0.25, 0.3) is 11.1 Å². The molecule has 37 heavy (non-hydrogen) atoms. The minimum Gasteiger partial charge on any atom is -0.493 e. The van der Waals surface area contributed by atoms with Crippen LogP contribution in [-0.4, -0.2) is 31.8 Å². The molecule has 0 fully saturated rings. The van der Waals surface area contributed by atoms with Gasteiger partial charge in [0.05, 0.1) is 18.9 Å². The van der Waals surface area contributed by atoms with Crippen LogP contribution in [-0.2, 0) is 4.79 Å². The van der Waals surface area contributed by atoms with Gasteiger partial charge in [0, 0.05) is 0 Å². The number of aryl methyl sites for hydroxylation is 1. The first-order chi connectivity index (χ1) is 18.0. The van der Waals surface area contributed by atoms with Crippen LogP contribution in [0.4, 0.5) is 0 Å². The highest BCUT2D eigenvalue weighted by Gasteiger charge is 2.13. The topological polar surface area (TPSA) is 86.2 Å². The average molecular weight is 495 g/mol. The van der Waals surface area contributed by atoms with E-state index in [1.54, 1.807) is 30.3 Å². The number of benzene rings is 4. The summed E-state index contributed by atoms with van der Waals surface area (Å²) in [6.45, 7) is 1.76. The van der Waals surface area contributed by atoms with E-state index in [4.69, 9.17) is 14.2 Å². The van der Waals surface area contributed by atoms with E-state index < -0.39 is 11.9 Å². The minimum atomic E-state index is -0.485. The monoisotopic (exact) mass is 494 g/mol. The number of esters is 1. The van der Waals surface area contributed by atoms with E-state index in [1.165, 1.54) is 13.3 Å². The summed E-state index contributed by atoms with van der Waals surface area (Å²) in [7, 11) is 1.48. The van der Waals surface area contributed by atoms with E-state index in [-0.39, 0.29) is 12.4 Å². The highest BCUT2D eigenvalue weighted by atomic mass is 16.6. The number of methoxy groups -OCH3 is 1. The third-order valence-electron chi connectivity index (χ3n) is 5.41. The Bertz CT molecular complexity index is 1380. The third kappa shape index (κ3) is 7.05. The lowest BCUT2D eigenvalue weighted by molar-refractivity contribution is -0.123. The number of nitrogens with one attached hydrogen (secondary N) is 1. The maximum atomic E-state index is 12.4. The smallest absolute Gasteiger partial charge is 0.343 e. The van der Waals surface area contributed by atoms with Gasteiger partial charge >= 0.3 is 5.97 Å². The van der Waals surface area contributed by atoms with Crippen LogP contribution < -0.4 is 19.6 Å². The number of nitrogens with zero attached hydrogens (tertiary/aromatic N) is 1. The first-order valence-electron chi connectivity index (χ1n) is 11.6. The van der Waals surface area contributed by atoms with Gasteiger partial charge in [0.2, 0.25) is 0 Å². The number of hydrogen-bond donors (Lipinski definition) is 1. The molecule has 0 aliphatic heterocycles. The van der Waals surface area contributed by atoms with Crippen molar-refractivity contribution in [3.05, 3.63) is 114 Å². The lowest BCUT2D eigenvalue weighted by Gasteiger charge is -2.10. The summed E-state index contributed by atoms with van der Waals surface area (Å²) in [5.41, 5.74) is 6.73. The second-order valence-electron chi connectivity index (χ2n) is 8.14.